The summed E-state index contributed by atoms with van der Waals surface area (Å²) in [6.07, 6.45) is 3.85. The van der Waals surface area contributed by atoms with E-state index in [0.717, 1.165) is 37.1 Å². The van der Waals surface area contributed by atoms with Gasteiger partial charge in [-0.25, -0.2) is 9.37 Å². The first-order valence-electron chi connectivity index (χ1n) is 8.84. The lowest BCUT2D eigenvalue weighted by Crippen LogP contribution is -2.35. The molecule has 5 heteroatoms. The number of halogens is 1. The topological polar surface area (TPSA) is 51.4 Å². The summed E-state index contributed by atoms with van der Waals surface area (Å²) < 4.78 is 20.1. The van der Waals surface area contributed by atoms with Gasteiger partial charge in [-0.3, -0.25) is 0 Å². The van der Waals surface area contributed by atoms with E-state index in [1.165, 1.54) is 12.1 Å². The molecule has 0 atom stereocenters. The molecule has 2 heterocycles. The molecule has 1 aromatic carbocycles. The van der Waals surface area contributed by atoms with Crippen molar-refractivity contribution < 1.29 is 9.13 Å². The van der Waals surface area contributed by atoms with Crippen LogP contribution in [0.4, 0.5) is 10.1 Å². The van der Waals surface area contributed by atoms with Gasteiger partial charge < -0.3 is 15.4 Å². The van der Waals surface area contributed by atoms with E-state index >= 15 is 0 Å². The fourth-order valence-corrected chi connectivity index (χ4v) is 3.27. The molecule has 2 aromatic rings. The molecule has 1 saturated heterocycles. The molecule has 25 heavy (non-hydrogen) atoms. The lowest BCUT2D eigenvalue weighted by atomic mass is 9.94. The zero-order valence-electron chi connectivity index (χ0n) is 15.1. The molecule has 1 aliphatic rings. The van der Waals surface area contributed by atoms with Gasteiger partial charge in [0.2, 0.25) is 5.88 Å². The van der Waals surface area contributed by atoms with Crippen molar-refractivity contribution in [1.29, 1.82) is 0 Å². The maximum absolute atomic E-state index is 14.1. The van der Waals surface area contributed by atoms with E-state index in [2.05, 4.69) is 16.9 Å². The number of likely N-dealkylation sites (tertiary alicyclic amines) is 1. The Hall–Kier alpha value is -2.14. The van der Waals surface area contributed by atoms with E-state index in [9.17, 15) is 4.39 Å². The first kappa shape index (κ1) is 17.7. The Morgan fingerprint density at radius 2 is 1.96 bits per heavy atom. The Morgan fingerprint density at radius 1 is 1.24 bits per heavy atom. The summed E-state index contributed by atoms with van der Waals surface area (Å²) >= 11 is 0. The standard InChI is InChI=1S/C20H26FN3O/c1-13(2)17-11-15(21)12-18(20(17)22)14-4-7-23-19(10-14)25-16-5-8-24(3)9-6-16/h4,7,10-13,16H,5-6,8-9,22H2,1-3H3. The Balaban J connectivity index is 1.87. The predicted octanol–water partition coefficient (Wildman–Crippen LogP) is 4.07. The van der Waals surface area contributed by atoms with Crippen LogP contribution in [-0.4, -0.2) is 36.1 Å². The highest BCUT2D eigenvalue weighted by molar-refractivity contribution is 5.79. The van der Waals surface area contributed by atoms with Gasteiger partial charge in [0.25, 0.3) is 0 Å². The van der Waals surface area contributed by atoms with Gasteiger partial charge in [-0.2, -0.15) is 0 Å². The number of ether oxygens (including phenoxy) is 1. The normalized spacial score (nSPS) is 16.4. The fraction of sp³-hybridized carbons (Fsp3) is 0.450. The Labute approximate surface area is 148 Å². The minimum absolute atomic E-state index is 0.159. The van der Waals surface area contributed by atoms with Crippen molar-refractivity contribution in [3.8, 4) is 17.0 Å². The van der Waals surface area contributed by atoms with E-state index in [1.807, 2.05) is 26.0 Å². The van der Waals surface area contributed by atoms with Crippen LogP contribution in [0.3, 0.4) is 0 Å². The number of anilines is 1. The molecule has 0 radical (unpaired) electrons. The Morgan fingerprint density at radius 3 is 2.64 bits per heavy atom. The van der Waals surface area contributed by atoms with E-state index in [0.29, 0.717) is 17.1 Å². The summed E-state index contributed by atoms with van der Waals surface area (Å²) in [6.45, 7) is 6.07. The smallest absolute Gasteiger partial charge is 0.214 e. The molecule has 0 unspecified atom stereocenters. The number of aromatic nitrogens is 1. The summed E-state index contributed by atoms with van der Waals surface area (Å²) in [5.74, 6) is 0.454. The van der Waals surface area contributed by atoms with Gasteiger partial charge in [0, 0.05) is 36.6 Å². The summed E-state index contributed by atoms with van der Waals surface area (Å²) in [5, 5.41) is 0. The lowest BCUT2D eigenvalue weighted by molar-refractivity contribution is 0.110. The SMILES string of the molecule is CC(C)c1cc(F)cc(-c2ccnc(OC3CCN(C)CC3)c2)c1N. The summed E-state index contributed by atoms with van der Waals surface area (Å²) in [5.41, 5.74) is 9.27. The third-order valence-electron chi connectivity index (χ3n) is 4.80. The zero-order chi connectivity index (χ0) is 18.0. The number of piperidine rings is 1. The van der Waals surface area contributed by atoms with Gasteiger partial charge >= 0.3 is 0 Å². The monoisotopic (exact) mass is 343 g/mol. The van der Waals surface area contributed by atoms with Crippen molar-refractivity contribution in [3.63, 3.8) is 0 Å². The van der Waals surface area contributed by atoms with E-state index < -0.39 is 0 Å². The van der Waals surface area contributed by atoms with Gasteiger partial charge in [0.1, 0.15) is 11.9 Å². The maximum atomic E-state index is 14.1. The van der Waals surface area contributed by atoms with E-state index in [1.54, 1.807) is 6.20 Å². The molecule has 0 aliphatic carbocycles. The number of pyridine rings is 1. The highest BCUT2D eigenvalue weighted by atomic mass is 19.1. The molecular weight excluding hydrogens is 317 g/mol. The molecule has 0 bridgehead atoms. The van der Waals surface area contributed by atoms with Crippen LogP contribution in [0.25, 0.3) is 11.1 Å². The van der Waals surface area contributed by atoms with Crippen LogP contribution in [0, 0.1) is 5.82 Å². The molecule has 0 amide bonds. The first-order valence-corrected chi connectivity index (χ1v) is 8.84. The minimum atomic E-state index is -0.275. The Kier molecular flexibility index (Phi) is 5.23. The van der Waals surface area contributed by atoms with Crippen molar-refractivity contribution in [3.05, 3.63) is 41.8 Å². The molecule has 1 aliphatic heterocycles. The summed E-state index contributed by atoms with van der Waals surface area (Å²) in [7, 11) is 2.12. The van der Waals surface area contributed by atoms with E-state index in [4.69, 9.17) is 10.5 Å². The summed E-state index contributed by atoms with van der Waals surface area (Å²) in [6, 6.07) is 6.70. The lowest BCUT2D eigenvalue weighted by Gasteiger charge is -2.29. The van der Waals surface area contributed by atoms with Gasteiger partial charge in [-0.15, -0.1) is 0 Å². The van der Waals surface area contributed by atoms with Gasteiger partial charge in [0.15, 0.2) is 0 Å². The number of benzene rings is 1. The molecule has 134 valence electrons. The first-order chi connectivity index (χ1) is 11.9. The quantitative estimate of drug-likeness (QED) is 0.851. The number of nitrogens with zero attached hydrogens (tertiary/aromatic N) is 2. The predicted molar refractivity (Wildman–Crippen MR) is 99.3 cm³/mol. The molecule has 1 fully saturated rings. The second kappa shape index (κ2) is 7.40. The van der Waals surface area contributed by atoms with Crippen molar-refractivity contribution >= 4 is 5.69 Å². The molecular formula is C20H26FN3O. The second-order valence-electron chi connectivity index (χ2n) is 7.11. The van der Waals surface area contributed by atoms with Crippen LogP contribution in [0.2, 0.25) is 0 Å². The average molecular weight is 343 g/mol. The number of nitrogens with two attached hydrogens (primary N) is 1. The van der Waals surface area contributed by atoms with Crippen molar-refractivity contribution in [2.75, 3.05) is 25.9 Å². The fourth-order valence-electron chi connectivity index (χ4n) is 3.27. The van der Waals surface area contributed by atoms with Crippen LogP contribution < -0.4 is 10.5 Å². The van der Waals surface area contributed by atoms with Gasteiger partial charge in [-0.05, 0) is 55.1 Å². The van der Waals surface area contributed by atoms with Gasteiger partial charge in [0.05, 0.1) is 0 Å². The maximum Gasteiger partial charge on any atom is 0.214 e. The second-order valence-corrected chi connectivity index (χ2v) is 7.11. The van der Waals surface area contributed by atoms with Crippen molar-refractivity contribution in [2.45, 2.75) is 38.7 Å². The highest BCUT2D eigenvalue weighted by Gasteiger charge is 2.19. The average Bonchev–Trinajstić information content (AvgIpc) is 2.59. The molecule has 3 rings (SSSR count). The molecule has 2 N–H and O–H groups in total. The van der Waals surface area contributed by atoms with Crippen LogP contribution in [0.15, 0.2) is 30.5 Å². The molecule has 0 saturated carbocycles. The van der Waals surface area contributed by atoms with Crippen molar-refractivity contribution in [1.82, 2.24) is 9.88 Å². The van der Waals surface area contributed by atoms with E-state index in [-0.39, 0.29) is 17.8 Å². The molecule has 0 spiro atoms. The third kappa shape index (κ3) is 4.10. The van der Waals surface area contributed by atoms with Crippen LogP contribution in [0.1, 0.15) is 38.2 Å². The number of rotatable bonds is 4. The zero-order valence-corrected chi connectivity index (χ0v) is 15.1. The van der Waals surface area contributed by atoms with Gasteiger partial charge in [-0.1, -0.05) is 13.8 Å². The largest absolute Gasteiger partial charge is 0.474 e. The minimum Gasteiger partial charge on any atom is -0.474 e. The molecule has 1 aromatic heterocycles. The highest BCUT2D eigenvalue weighted by Crippen LogP contribution is 2.34. The summed E-state index contributed by atoms with van der Waals surface area (Å²) in [4.78, 5) is 6.61. The number of hydrogen-bond donors (Lipinski definition) is 1. The number of nitrogen functional groups attached to an aromatic ring is 1. The van der Waals surface area contributed by atoms with Crippen LogP contribution >= 0.6 is 0 Å². The third-order valence-corrected chi connectivity index (χ3v) is 4.80. The van der Waals surface area contributed by atoms with Crippen molar-refractivity contribution in [2.24, 2.45) is 0 Å². The Bertz CT molecular complexity index is 740. The van der Waals surface area contributed by atoms with Crippen LogP contribution in [-0.2, 0) is 0 Å². The number of hydrogen-bond acceptors (Lipinski definition) is 4. The molecule has 4 nitrogen and oxygen atoms in total. The van der Waals surface area contributed by atoms with Crippen LogP contribution in [0.5, 0.6) is 5.88 Å².